The Morgan fingerprint density at radius 2 is 1.41 bits per heavy atom. The normalized spacial score (nSPS) is 14.8. The molecule has 0 spiro atoms. The molecule has 0 saturated carbocycles. The van der Waals surface area contributed by atoms with Gasteiger partial charge in [0.2, 0.25) is 0 Å². The predicted molar refractivity (Wildman–Crippen MR) is 112 cm³/mol. The van der Waals surface area contributed by atoms with Crippen molar-refractivity contribution < 1.29 is 4.74 Å². The summed E-state index contributed by atoms with van der Waals surface area (Å²) in [5.74, 6) is 0.986. The van der Waals surface area contributed by atoms with Crippen molar-refractivity contribution in [1.82, 2.24) is 0 Å². The second kappa shape index (κ2) is 4.80. The second-order valence-corrected chi connectivity index (χ2v) is 8.13. The van der Waals surface area contributed by atoms with E-state index in [1.54, 1.807) is 7.11 Å². The van der Waals surface area contributed by atoms with Gasteiger partial charge < -0.3 is 4.74 Å². The highest BCUT2D eigenvalue weighted by Gasteiger charge is 2.42. The van der Waals surface area contributed by atoms with E-state index in [2.05, 4.69) is 80.6 Å². The van der Waals surface area contributed by atoms with Crippen LogP contribution in [0, 0.1) is 0 Å². The van der Waals surface area contributed by atoms with Gasteiger partial charge in [-0.2, -0.15) is 0 Å². The number of rotatable bonds is 1. The average molecular weight is 348 g/mol. The summed E-state index contributed by atoms with van der Waals surface area (Å²) >= 11 is 0. The zero-order chi connectivity index (χ0) is 18.3. The highest BCUT2D eigenvalue weighted by atomic mass is 16.5. The lowest BCUT2D eigenvalue weighted by Crippen LogP contribution is -2.16. The van der Waals surface area contributed by atoms with E-state index in [4.69, 9.17) is 4.74 Å². The summed E-state index contributed by atoms with van der Waals surface area (Å²) in [6.07, 6.45) is 0. The monoisotopic (exact) mass is 348 g/mol. The van der Waals surface area contributed by atoms with E-state index < -0.39 is 0 Å². The van der Waals surface area contributed by atoms with Crippen LogP contribution in [0.3, 0.4) is 0 Å². The first kappa shape index (κ1) is 15.0. The molecule has 0 radical (unpaired) electrons. The standard InChI is InChI=1S/C26H20O/c1-26(2)20-13-11-15-7-6-10-18-16-8-4-5-9-17(16)19-12-14-21(27-3)25(26)23(19)24(20)22(15)18/h4-14H,1-3H3. The molecule has 2 aliphatic rings. The van der Waals surface area contributed by atoms with Gasteiger partial charge in [-0.15, -0.1) is 0 Å². The second-order valence-electron chi connectivity index (χ2n) is 8.13. The van der Waals surface area contributed by atoms with Gasteiger partial charge in [0.1, 0.15) is 5.75 Å². The molecule has 0 saturated heterocycles. The van der Waals surface area contributed by atoms with Gasteiger partial charge in [0.25, 0.3) is 0 Å². The lowest BCUT2D eigenvalue weighted by atomic mass is 9.80. The number of hydrogen-bond donors (Lipinski definition) is 0. The maximum Gasteiger partial charge on any atom is 0.123 e. The largest absolute Gasteiger partial charge is 0.496 e. The summed E-state index contributed by atoms with van der Waals surface area (Å²) in [4.78, 5) is 0. The van der Waals surface area contributed by atoms with E-state index in [1.165, 1.54) is 55.3 Å². The number of benzene rings is 4. The summed E-state index contributed by atoms with van der Waals surface area (Å²) in [6, 6.07) is 24.5. The number of hydrogen-bond acceptors (Lipinski definition) is 1. The lowest BCUT2D eigenvalue weighted by Gasteiger charge is -2.25. The molecular weight excluding hydrogens is 328 g/mol. The fourth-order valence-electron chi connectivity index (χ4n) is 5.33. The van der Waals surface area contributed by atoms with Gasteiger partial charge in [0.05, 0.1) is 7.11 Å². The van der Waals surface area contributed by atoms with Crippen LogP contribution in [0.2, 0.25) is 0 Å². The molecule has 2 aliphatic carbocycles. The minimum Gasteiger partial charge on any atom is -0.496 e. The smallest absolute Gasteiger partial charge is 0.123 e. The number of methoxy groups -OCH3 is 1. The minimum atomic E-state index is -0.0837. The Bertz CT molecular complexity index is 1280. The maximum atomic E-state index is 5.84. The molecule has 0 atom stereocenters. The topological polar surface area (TPSA) is 9.23 Å². The molecule has 0 aliphatic heterocycles. The molecule has 1 nitrogen and oxygen atoms in total. The Hall–Kier alpha value is -3.06. The molecule has 0 unspecified atom stereocenters. The SMILES string of the molecule is COc1ccc2c3c1C(C)(C)c1ccc4cccc(c4c1-3)-c1ccccc1-2. The quantitative estimate of drug-likeness (QED) is 0.323. The lowest BCUT2D eigenvalue weighted by molar-refractivity contribution is 0.403. The zero-order valence-corrected chi connectivity index (χ0v) is 15.8. The van der Waals surface area contributed by atoms with Crippen LogP contribution in [0.25, 0.3) is 44.2 Å². The van der Waals surface area contributed by atoms with Crippen molar-refractivity contribution in [3.63, 3.8) is 0 Å². The van der Waals surface area contributed by atoms with Crippen LogP contribution in [-0.2, 0) is 5.41 Å². The third-order valence-corrected chi connectivity index (χ3v) is 6.49. The van der Waals surface area contributed by atoms with Crippen molar-refractivity contribution in [3.05, 3.63) is 77.9 Å². The molecule has 27 heavy (non-hydrogen) atoms. The van der Waals surface area contributed by atoms with Gasteiger partial charge in [-0.3, -0.25) is 0 Å². The molecule has 4 aromatic carbocycles. The third kappa shape index (κ3) is 1.66. The Morgan fingerprint density at radius 1 is 0.667 bits per heavy atom. The summed E-state index contributed by atoms with van der Waals surface area (Å²) in [6.45, 7) is 4.65. The highest BCUT2D eigenvalue weighted by Crippen LogP contribution is 2.60. The first-order valence-corrected chi connectivity index (χ1v) is 9.51. The maximum absolute atomic E-state index is 5.84. The van der Waals surface area contributed by atoms with Gasteiger partial charge >= 0.3 is 0 Å². The fourth-order valence-corrected chi connectivity index (χ4v) is 5.33. The fraction of sp³-hybridized carbons (Fsp3) is 0.154. The molecule has 0 aromatic heterocycles. The van der Waals surface area contributed by atoms with Crippen LogP contribution < -0.4 is 4.74 Å². The molecule has 1 heteroatoms. The molecule has 0 bridgehead atoms. The highest BCUT2D eigenvalue weighted by molar-refractivity contribution is 6.16. The van der Waals surface area contributed by atoms with Crippen molar-refractivity contribution >= 4 is 10.8 Å². The average Bonchev–Trinajstić information content (AvgIpc) is 2.87. The third-order valence-electron chi connectivity index (χ3n) is 6.49. The first-order valence-electron chi connectivity index (χ1n) is 9.51. The Labute approximate surface area is 159 Å². The van der Waals surface area contributed by atoms with Crippen molar-refractivity contribution in [2.45, 2.75) is 19.3 Å². The van der Waals surface area contributed by atoms with E-state index in [0.717, 1.165) is 5.75 Å². The Balaban J connectivity index is 1.97. The summed E-state index contributed by atoms with van der Waals surface area (Å²) in [7, 11) is 1.78. The van der Waals surface area contributed by atoms with Crippen molar-refractivity contribution in [2.24, 2.45) is 0 Å². The van der Waals surface area contributed by atoms with Gasteiger partial charge in [0, 0.05) is 11.0 Å². The molecular formula is C26H20O. The van der Waals surface area contributed by atoms with Crippen molar-refractivity contribution in [2.75, 3.05) is 7.11 Å². The summed E-state index contributed by atoms with van der Waals surface area (Å²) in [5, 5.41) is 2.68. The van der Waals surface area contributed by atoms with Crippen LogP contribution in [0.5, 0.6) is 5.75 Å². The van der Waals surface area contributed by atoms with Gasteiger partial charge in [-0.25, -0.2) is 0 Å². The van der Waals surface area contributed by atoms with Crippen LogP contribution in [0.1, 0.15) is 25.0 Å². The molecule has 0 N–H and O–H groups in total. The van der Waals surface area contributed by atoms with Crippen LogP contribution in [0.15, 0.2) is 66.7 Å². The van der Waals surface area contributed by atoms with Crippen molar-refractivity contribution in [3.8, 4) is 39.1 Å². The molecule has 6 rings (SSSR count). The van der Waals surface area contributed by atoms with Gasteiger partial charge in [-0.05, 0) is 55.8 Å². The summed E-state index contributed by atoms with van der Waals surface area (Å²) < 4.78 is 5.84. The Morgan fingerprint density at radius 3 is 2.19 bits per heavy atom. The minimum absolute atomic E-state index is 0.0837. The van der Waals surface area contributed by atoms with E-state index in [9.17, 15) is 0 Å². The van der Waals surface area contributed by atoms with E-state index in [0.29, 0.717) is 0 Å². The zero-order valence-electron chi connectivity index (χ0n) is 15.8. The van der Waals surface area contributed by atoms with Gasteiger partial charge in [0.15, 0.2) is 0 Å². The molecule has 130 valence electrons. The molecule has 4 aromatic rings. The van der Waals surface area contributed by atoms with E-state index >= 15 is 0 Å². The van der Waals surface area contributed by atoms with Crippen LogP contribution in [-0.4, -0.2) is 7.11 Å². The van der Waals surface area contributed by atoms with E-state index in [-0.39, 0.29) is 5.41 Å². The predicted octanol–water partition coefficient (Wildman–Crippen LogP) is 6.80. The molecule has 0 fully saturated rings. The molecule has 0 amide bonds. The summed E-state index contributed by atoms with van der Waals surface area (Å²) in [5.41, 5.74) is 10.7. The van der Waals surface area contributed by atoms with Crippen LogP contribution in [0.4, 0.5) is 0 Å². The molecule has 0 heterocycles. The van der Waals surface area contributed by atoms with Crippen molar-refractivity contribution in [1.29, 1.82) is 0 Å². The van der Waals surface area contributed by atoms with Gasteiger partial charge in [-0.1, -0.05) is 74.5 Å². The Kier molecular flexibility index (Phi) is 2.68. The number of ether oxygens (including phenoxy) is 1. The van der Waals surface area contributed by atoms with E-state index in [1.807, 2.05) is 0 Å². The first-order chi connectivity index (χ1) is 13.1. The van der Waals surface area contributed by atoms with Crippen LogP contribution >= 0.6 is 0 Å². The number of fused-ring (bicyclic) bond motifs is 3.